The smallest absolute Gasteiger partial charge is 0.315 e. The van der Waals surface area contributed by atoms with E-state index in [9.17, 15) is 4.79 Å². The number of rotatable bonds is 4. The maximum Gasteiger partial charge on any atom is 0.315 e. The van der Waals surface area contributed by atoms with E-state index in [1.54, 1.807) is 24.5 Å². The Hall–Kier alpha value is -1.94. The lowest BCUT2D eigenvalue weighted by Crippen LogP contribution is -2.36. The topological polar surface area (TPSA) is 54.3 Å². The molecular weight excluding hydrogens is 264 g/mol. The Labute approximate surface area is 116 Å². The number of nitrogens with one attached hydrogen (secondary N) is 2. The molecule has 0 fully saturated rings. The van der Waals surface area contributed by atoms with Gasteiger partial charge in [-0.25, -0.2) is 4.79 Å². The second-order valence-corrected chi connectivity index (χ2v) is 4.56. The third kappa shape index (κ3) is 3.76. The number of hydrogen-bond acceptors (Lipinski definition) is 2. The van der Waals surface area contributed by atoms with Gasteiger partial charge in [0.2, 0.25) is 0 Å². The third-order valence-corrected chi connectivity index (χ3v) is 3.07. The van der Waals surface area contributed by atoms with Crippen LogP contribution in [0.2, 0.25) is 5.02 Å². The molecule has 2 amide bonds. The first-order valence-corrected chi connectivity index (χ1v) is 6.36. The largest absolute Gasteiger partial charge is 0.467 e. The van der Waals surface area contributed by atoms with E-state index in [1.807, 2.05) is 25.1 Å². The molecular formula is C14H15ClN2O2. The van der Waals surface area contributed by atoms with E-state index >= 15 is 0 Å². The first kappa shape index (κ1) is 13.5. The molecule has 2 aromatic rings. The van der Waals surface area contributed by atoms with Crippen LogP contribution in [-0.4, -0.2) is 6.03 Å². The van der Waals surface area contributed by atoms with Crippen molar-refractivity contribution in [2.24, 2.45) is 0 Å². The zero-order valence-corrected chi connectivity index (χ0v) is 11.3. The Morgan fingerprint density at radius 1 is 1.32 bits per heavy atom. The van der Waals surface area contributed by atoms with Crippen molar-refractivity contribution >= 4 is 17.6 Å². The Bertz CT molecular complexity index is 540. The Morgan fingerprint density at radius 2 is 2.11 bits per heavy atom. The van der Waals surface area contributed by atoms with Crippen LogP contribution in [0.5, 0.6) is 0 Å². The van der Waals surface area contributed by atoms with Crippen LogP contribution in [0.4, 0.5) is 4.79 Å². The molecule has 100 valence electrons. The average molecular weight is 279 g/mol. The first-order chi connectivity index (χ1) is 9.16. The maximum absolute atomic E-state index is 11.7. The van der Waals surface area contributed by atoms with Crippen molar-refractivity contribution in [3.8, 4) is 0 Å². The van der Waals surface area contributed by atoms with E-state index in [0.717, 1.165) is 5.56 Å². The van der Waals surface area contributed by atoms with Gasteiger partial charge in [0.25, 0.3) is 0 Å². The number of benzene rings is 1. The Morgan fingerprint density at radius 3 is 2.79 bits per heavy atom. The summed E-state index contributed by atoms with van der Waals surface area (Å²) < 4.78 is 5.13. The second kappa shape index (κ2) is 6.29. The van der Waals surface area contributed by atoms with Crippen molar-refractivity contribution in [2.75, 3.05) is 0 Å². The summed E-state index contributed by atoms with van der Waals surface area (Å²) in [6.45, 7) is 2.24. The summed E-state index contributed by atoms with van der Waals surface area (Å²) in [6.07, 6.45) is 1.57. The summed E-state index contributed by atoms with van der Waals surface area (Å²) in [5.74, 6) is 0.709. The molecule has 1 aromatic carbocycles. The second-order valence-electron chi connectivity index (χ2n) is 4.15. The lowest BCUT2D eigenvalue weighted by atomic mass is 10.1. The predicted octanol–water partition coefficient (Wildman–Crippen LogP) is 3.49. The van der Waals surface area contributed by atoms with Crippen molar-refractivity contribution < 1.29 is 9.21 Å². The van der Waals surface area contributed by atoms with E-state index in [2.05, 4.69) is 10.6 Å². The number of urea groups is 1. The molecule has 0 aliphatic carbocycles. The number of carbonyl (C=O) groups excluding carboxylic acids is 1. The van der Waals surface area contributed by atoms with Crippen LogP contribution >= 0.6 is 11.6 Å². The number of furan rings is 1. The monoisotopic (exact) mass is 278 g/mol. The minimum Gasteiger partial charge on any atom is -0.467 e. The van der Waals surface area contributed by atoms with E-state index < -0.39 is 0 Å². The molecule has 5 heteroatoms. The summed E-state index contributed by atoms with van der Waals surface area (Å²) in [7, 11) is 0. The zero-order valence-electron chi connectivity index (χ0n) is 10.5. The van der Waals surface area contributed by atoms with Gasteiger partial charge in [0.15, 0.2) is 0 Å². The normalized spacial score (nSPS) is 11.9. The highest BCUT2D eigenvalue weighted by molar-refractivity contribution is 6.31. The van der Waals surface area contributed by atoms with Gasteiger partial charge in [-0.3, -0.25) is 0 Å². The van der Waals surface area contributed by atoms with Gasteiger partial charge >= 0.3 is 6.03 Å². The Kier molecular flexibility index (Phi) is 4.47. The van der Waals surface area contributed by atoms with Crippen LogP contribution in [0, 0.1) is 0 Å². The fourth-order valence-corrected chi connectivity index (χ4v) is 2.03. The minimum atomic E-state index is -0.260. The van der Waals surface area contributed by atoms with E-state index in [0.29, 0.717) is 17.3 Å². The molecule has 0 aliphatic heterocycles. The minimum absolute atomic E-state index is 0.162. The first-order valence-electron chi connectivity index (χ1n) is 5.98. The molecule has 0 saturated carbocycles. The van der Waals surface area contributed by atoms with Crippen molar-refractivity contribution in [3.63, 3.8) is 0 Å². The van der Waals surface area contributed by atoms with Gasteiger partial charge in [-0.15, -0.1) is 0 Å². The molecule has 1 aromatic heterocycles. The molecule has 0 radical (unpaired) electrons. The standard InChI is InChI=1S/C14H15ClN2O2/c1-10(12-6-2-3-7-13(12)15)17-14(18)16-9-11-5-4-8-19-11/h2-8,10H,9H2,1H3,(H2,16,17,18). The number of hydrogen-bond donors (Lipinski definition) is 2. The number of carbonyl (C=O) groups is 1. The highest BCUT2D eigenvalue weighted by Crippen LogP contribution is 2.21. The quantitative estimate of drug-likeness (QED) is 0.899. The van der Waals surface area contributed by atoms with Gasteiger partial charge in [0.05, 0.1) is 18.8 Å². The summed E-state index contributed by atoms with van der Waals surface area (Å²) in [5, 5.41) is 6.18. The molecule has 0 bridgehead atoms. The zero-order chi connectivity index (χ0) is 13.7. The number of amides is 2. The molecule has 4 nitrogen and oxygen atoms in total. The van der Waals surface area contributed by atoms with E-state index in [-0.39, 0.29) is 12.1 Å². The summed E-state index contributed by atoms with van der Waals surface area (Å²) in [4.78, 5) is 11.7. The molecule has 19 heavy (non-hydrogen) atoms. The lowest BCUT2D eigenvalue weighted by Gasteiger charge is -2.15. The fraction of sp³-hybridized carbons (Fsp3) is 0.214. The van der Waals surface area contributed by atoms with Gasteiger partial charge < -0.3 is 15.1 Å². The third-order valence-electron chi connectivity index (χ3n) is 2.72. The summed E-state index contributed by atoms with van der Waals surface area (Å²) >= 11 is 6.07. The van der Waals surface area contributed by atoms with Gasteiger partial charge in [0.1, 0.15) is 5.76 Å². The molecule has 1 atom stereocenters. The molecule has 0 saturated heterocycles. The Balaban J connectivity index is 1.87. The van der Waals surface area contributed by atoms with E-state index in [4.69, 9.17) is 16.0 Å². The highest BCUT2D eigenvalue weighted by atomic mass is 35.5. The fourth-order valence-electron chi connectivity index (χ4n) is 1.73. The van der Waals surface area contributed by atoms with Crippen LogP contribution in [0.15, 0.2) is 47.1 Å². The van der Waals surface area contributed by atoms with E-state index in [1.165, 1.54) is 0 Å². The maximum atomic E-state index is 11.7. The molecule has 0 aliphatic rings. The van der Waals surface area contributed by atoms with Gasteiger partial charge in [-0.05, 0) is 30.7 Å². The molecule has 2 N–H and O–H groups in total. The average Bonchev–Trinajstić information content (AvgIpc) is 2.90. The van der Waals surface area contributed by atoms with Crippen LogP contribution in [0.25, 0.3) is 0 Å². The van der Waals surface area contributed by atoms with Gasteiger partial charge in [-0.1, -0.05) is 29.8 Å². The number of halogens is 1. The van der Waals surface area contributed by atoms with Gasteiger partial charge in [-0.2, -0.15) is 0 Å². The predicted molar refractivity (Wildman–Crippen MR) is 73.9 cm³/mol. The van der Waals surface area contributed by atoms with Crippen molar-refractivity contribution in [3.05, 3.63) is 59.0 Å². The highest BCUT2D eigenvalue weighted by Gasteiger charge is 2.11. The van der Waals surface area contributed by atoms with Crippen molar-refractivity contribution in [2.45, 2.75) is 19.5 Å². The van der Waals surface area contributed by atoms with Crippen molar-refractivity contribution in [1.29, 1.82) is 0 Å². The molecule has 0 spiro atoms. The molecule has 1 heterocycles. The van der Waals surface area contributed by atoms with Gasteiger partial charge in [0, 0.05) is 5.02 Å². The lowest BCUT2D eigenvalue weighted by molar-refractivity contribution is 0.236. The summed E-state index contributed by atoms with van der Waals surface area (Å²) in [5.41, 5.74) is 0.886. The van der Waals surface area contributed by atoms with Crippen LogP contribution in [-0.2, 0) is 6.54 Å². The summed E-state index contributed by atoms with van der Waals surface area (Å²) in [6, 6.07) is 10.6. The van der Waals surface area contributed by atoms with Crippen LogP contribution in [0.1, 0.15) is 24.3 Å². The SMILES string of the molecule is CC(NC(=O)NCc1ccco1)c1ccccc1Cl. The molecule has 2 rings (SSSR count). The van der Waals surface area contributed by atoms with Crippen LogP contribution in [0.3, 0.4) is 0 Å². The van der Waals surface area contributed by atoms with Crippen LogP contribution < -0.4 is 10.6 Å². The molecule has 1 unspecified atom stereocenters. The van der Waals surface area contributed by atoms with Crippen molar-refractivity contribution in [1.82, 2.24) is 10.6 Å².